The number of aryl methyl sites for hydroxylation is 2. The molecule has 8 nitrogen and oxygen atoms in total. The summed E-state index contributed by atoms with van der Waals surface area (Å²) in [5.41, 5.74) is 1.16. The normalized spacial score (nSPS) is 10.0. The maximum Gasteiger partial charge on any atom is 0.328 e. The minimum Gasteiger partial charge on any atom is -0.336 e. The van der Waals surface area contributed by atoms with Gasteiger partial charge >= 0.3 is 11.7 Å². The summed E-state index contributed by atoms with van der Waals surface area (Å²) in [5.74, 6) is 0. The van der Waals surface area contributed by atoms with Gasteiger partial charge in [-0.2, -0.15) is 5.26 Å². The van der Waals surface area contributed by atoms with Gasteiger partial charge in [-0.15, -0.1) is 0 Å². The first kappa shape index (κ1) is 17.0. The number of aromatic amines is 1. The number of H-pyrrole nitrogens is 1. The Balaban J connectivity index is 1.96. The molecule has 1 aromatic carbocycles. The molecular formula is C16H17N5O3. The molecular weight excluding hydrogens is 310 g/mol. The van der Waals surface area contributed by atoms with Gasteiger partial charge in [-0.05, 0) is 31.0 Å². The van der Waals surface area contributed by atoms with Crippen LogP contribution in [0.15, 0.2) is 34.0 Å². The number of benzene rings is 1. The number of anilines is 1. The van der Waals surface area contributed by atoms with E-state index in [0.29, 0.717) is 5.69 Å². The van der Waals surface area contributed by atoms with E-state index in [1.807, 2.05) is 32.0 Å². The van der Waals surface area contributed by atoms with Gasteiger partial charge in [-0.25, -0.2) is 9.59 Å². The van der Waals surface area contributed by atoms with Gasteiger partial charge in [0.1, 0.15) is 11.6 Å². The lowest BCUT2D eigenvalue weighted by molar-refractivity contribution is 0.251. The van der Waals surface area contributed by atoms with Crippen molar-refractivity contribution in [2.45, 2.75) is 20.4 Å². The standard InChI is InChI=1S/C16H17N5O3/c1-10-3-4-11(2)13(7-10)19-15(23)18-5-6-21-9-12(8-17)14(22)20-16(21)24/h3-4,7,9H,5-6H2,1-2H3,(H2,18,19,23)(H,20,22,24). The van der Waals surface area contributed by atoms with E-state index >= 15 is 0 Å². The number of rotatable bonds is 4. The van der Waals surface area contributed by atoms with Gasteiger partial charge in [-0.3, -0.25) is 14.3 Å². The van der Waals surface area contributed by atoms with Crippen LogP contribution in [0.2, 0.25) is 0 Å². The third kappa shape index (κ3) is 4.10. The van der Waals surface area contributed by atoms with Crippen molar-refractivity contribution in [1.82, 2.24) is 14.9 Å². The molecule has 8 heteroatoms. The molecule has 124 valence electrons. The van der Waals surface area contributed by atoms with Gasteiger partial charge in [0, 0.05) is 25.0 Å². The molecule has 0 unspecified atom stereocenters. The van der Waals surface area contributed by atoms with E-state index < -0.39 is 17.3 Å². The fraction of sp³-hybridized carbons (Fsp3) is 0.250. The van der Waals surface area contributed by atoms with E-state index in [1.165, 1.54) is 6.20 Å². The number of aromatic nitrogens is 2. The summed E-state index contributed by atoms with van der Waals surface area (Å²) in [7, 11) is 0. The Hall–Kier alpha value is -3.34. The quantitative estimate of drug-likeness (QED) is 0.771. The van der Waals surface area contributed by atoms with E-state index in [0.717, 1.165) is 15.7 Å². The molecule has 1 aromatic heterocycles. The van der Waals surface area contributed by atoms with Gasteiger partial charge in [0.15, 0.2) is 0 Å². The van der Waals surface area contributed by atoms with Crippen molar-refractivity contribution in [3.63, 3.8) is 0 Å². The lowest BCUT2D eigenvalue weighted by atomic mass is 10.1. The van der Waals surface area contributed by atoms with Crippen molar-refractivity contribution in [1.29, 1.82) is 5.26 Å². The molecule has 0 bridgehead atoms. The third-order valence-corrected chi connectivity index (χ3v) is 3.41. The van der Waals surface area contributed by atoms with Gasteiger partial charge in [0.05, 0.1) is 0 Å². The van der Waals surface area contributed by atoms with E-state index in [2.05, 4.69) is 15.6 Å². The molecule has 0 atom stereocenters. The van der Waals surface area contributed by atoms with Crippen molar-refractivity contribution >= 4 is 11.7 Å². The predicted octanol–water partition coefficient (Wildman–Crippen LogP) is 0.847. The average Bonchev–Trinajstić information content (AvgIpc) is 2.53. The summed E-state index contributed by atoms with van der Waals surface area (Å²) in [6, 6.07) is 7.03. The zero-order valence-corrected chi connectivity index (χ0v) is 13.3. The van der Waals surface area contributed by atoms with Crippen LogP contribution in [0.1, 0.15) is 16.7 Å². The average molecular weight is 327 g/mol. The van der Waals surface area contributed by atoms with Crippen molar-refractivity contribution in [3.8, 4) is 6.07 Å². The Kier molecular flexibility index (Phi) is 5.16. The van der Waals surface area contributed by atoms with Crippen LogP contribution in [0.5, 0.6) is 0 Å². The maximum absolute atomic E-state index is 11.9. The Morgan fingerprint density at radius 3 is 2.79 bits per heavy atom. The number of amides is 2. The summed E-state index contributed by atoms with van der Waals surface area (Å²) < 4.78 is 1.16. The highest BCUT2D eigenvalue weighted by Gasteiger charge is 2.06. The van der Waals surface area contributed by atoms with Crippen LogP contribution in [0.4, 0.5) is 10.5 Å². The highest BCUT2D eigenvalue weighted by atomic mass is 16.2. The molecule has 0 saturated carbocycles. The van der Waals surface area contributed by atoms with Crippen LogP contribution in [0.3, 0.4) is 0 Å². The van der Waals surface area contributed by atoms with Gasteiger partial charge in [0.25, 0.3) is 5.56 Å². The minimum absolute atomic E-state index is 0.129. The van der Waals surface area contributed by atoms with Gasteiger partial charge < -0.3 is 10.6 Å². The van der Waals surface area contributed by atoms with E-state index in [9.17, 15) is 14.4 Å². The Morgan fingerprint density at radius 2 is 2.08 bits per heavy atom. The molecule has 2 aromatic rings. The number of carbonyl (C=O) groups excluding carboxylic acids is 1. The Bertz CT molecular complexity index is 921. The molecule has 0 saturated heterocycles. The maximum atomic E-state index is 11.9. The van der Waals surface area contributed by atoms with Crippen molar-refractivity contribution < 1.29 is 4.79 Å². The summed E-state index contributed by atoms with van der Waals surface area (Å²) in [5, 5.41) is 14.2. The minimum atomic E-state index is -0.723. The smallest absolute Gasteiger partial charge is 0.328 e. The number of nitriles is 1. The van der Waals surface area contributed by atoms with Crippen LogP contribution in [0, 0.1) is 25.2 Å². The lowest BCUT2D eigenvalue weighted by Gasteiger charge is -2.11. The van der Waals surface area contributed by atoms with Crippen molar-refractivity contribution in [2.75, 3.05) is 11.9 Å². The molecule has 0 aliphatic rings. The number of hydrogen-bond acceptors (Lipinski definition) is 4. The first-order chi connectivity index (χ1) is 11.4. The molecule has 0 spiro atoms. The molecule has 0 aliphatic heterocycles. The Morgan fingerprint density at radius 1 is 1.33 bits per heavy atom. The molecule has 1 heterocycles. The predicted molar refractivity (Wildman–Crippen MR) is 89.0 cm³/mol. The van der Waals surface area contributed by atoms with Crippen LogP contribution in [0.25, 0.3) is 0 Å². The fourth-order valence-electron chi connectivity index (χ4n) is 2.08. The fourth-order valence-corrected chi connectivity index (χ4v) is 2.08. The molecule has 0 aliphatic carbocycles. The third-order valence-electron chi connectivity index (χ3n) is 3.41. The summed E-state index contributed by atoms with van der Waals surface area (Å²) in [6.07, 6.45) is 1.17. The molecule has 0 radical (unpaired) electrons. The topological polar surface area (TPSA) is 120 Å². The SMILES string of the molecule is Cc1ccc(C)c(NC(=O)NCCn2cc(C#N)c(=O)[nH]c2=O)c1. The first-order valence-electron chi connectivity index (χ1n) is 7.26. The highest BCUT2D eigenvalue weighted by molar-refractivity contribution is 5.90. The van der Waals surface area contributed by atoms with E-state index in [1.54, 1.807) is 6.07 Å². The second kappa shape index (κ2) is 7.28. The van der Waals surface area contributed by atoms with E-state index in [-0.39, 0.29) is 18.7 Å². The number of hydrogen-bond donors (Lipinski definition) is 3. The second-order valence-corrected chi connectivity index (χ2v) is 5.31. The second-order valence-electron chi connectivity index (χ2n) is 5.31. The number of urea groups is 1. The van der Waals surface area contributed by atoms with Crippen LogP contribution >= 0.6 is 0 Å². The zero-order valence-electron chi connectivity index (χ0n) is 13.3. The monoisotopic (exact) mass is 327 g/mol. The highest BCUT2D eigenvalue weighted by Crippen LogP contribution is 2.15. The van der Waals surface area contributed by atoms with E-state index in [4.69, 9.17) is 5.26 Å². The summed E-state index contributed by atoms with van der Waals surface area (Å²) >= 11 is 0. The zero-order chi connectivity index (χ0) is 17.7. The number of carbonyl (C=O) groups is 1. The van der Waals surface area contributed by atoms with Gasteiger partial charge in [-0.1, -0.05) is 12.1 Å². The largest absolute Gasteiger partial charge is 0.336 e. The summed E-state index contributed by atoms with van der Waals surface area (Å²) in [4.78, 5) is 36.9. The van der Waals surface area contributed by atoms with Crippen molar-refractivity contribution in [2.24, 2.45) is 0 Å². The molecule has 2 rings (SSSR count). The molecule has 3 N–H and O–H groups in total. The van der Waals surface area contributed by atoms with Crippen LogP contribution < -0.4 is 21.9 Å². The summed E-state index contributed by atoms with van der Waals surface area (Å²) in [6.45, 7) is 4.11. The van der Waals surface area contributed by atoms with Crippen LogP contribution in [-0.2, 0) is 6.54 Å². The van der Waals surface area contributed by atoms with Crippen LogP contribution in [-0.4, -0.2) is 22.1 Å². The number of nitrogens with zero attached hydrogens (tertiary/aromatic N) is 2. The lowest BCUT2D eigenvalue weighted by Crippen LogP contribution is -2.36. The Labute approximate surface area is 137 Å². The van der Waals surface area contributed by atoms with Gasteiger partial charge in [0.2, 0.25) is 0 Å². The molecule has 2 amide bonds. The number of nitrogens with one attached hydrogen (secondary N) is 3. The molecule has 24 heavy (non-hydrogen) atoms. The first-order valence-corrected chi connectivity index (χ1v) is 7.26. The van der Waals surface area contributed by atoms with Crippen molar-refractivity contribution in [3.05, 3.63) is 61.9 Å². The molecule has 0 fully saturated rings.